The predicted octanol–water partition coefficient (Wildman–Crippen LogP) is 0.0985. The molecule has 84 valence electrons. The third kappa shape index (κ3) is 1.42. The summed E-state index contributed by atoms with van der Waals surface area (Å²) in [7, 11) is 0. The van der Waals surface area contributed by atoms with Gasteiger partial charge in [0.15, 0.2) is 0 Å². The van der Waals surface area contributed by atoms with Crippen LogP contribution >= 0.6 is 0 Å². The van der Waals surface area contributed by atoms with E-state index in [1.165, 1.54) is 6.92 Å². The number of carbonyl (C=O) groups is 2. The lowest BCUT2D eigenvalue weighted by Gasteiger charge is -2.41. The highest BCUT2D eigenvalue weighted by Gasteiger charge is 2.55. The zero-order valence-corrected chi connectivity index (χ0v) is 8.73. The number of fused-ring (bicyclic) bond motifs is 1. The Morgan fingerprint density at radius 3 is 2.87 bits per heavy atom. The highest BCUT2D eigenvalue weighted by atomic mass is 16.5. The van der Waals surface area contributed by atoms with Gasteiger partial charge in [0.2, 0.25) is 5.91 Å². The van der Waals surface area contributed by atoms with Crippen molar-refractivity contribution in [2.24, 2.45) is 5.41 Å². The number of rotatable bonds is 1. The first-order valence-corrected chi connectivity index (χ1v) is 5.16. The number of carboxylic acid groups (broad SMARTS) is 1. The predicted molar refractivity (Wildman–Crippen MR) is 51.3 cm³/mol. The van der Waals surface area contributed by atoms with E-state index in [4.69, 9.17) is 4.74 Å². The number of likely N-dealkylation sites (tertiary alicyclic amines) is 1. The van der Waals surface area contributed by atoms with Gasteiger partial charge in [-0.1, -0.05) is 0 Å². The summed E-state index contributed by atoms with van der Waals surface area (Å²) in [6.07, 6.45) is 1.35. The molecular formula is C10H15NO4. The maximum absolute atomic E-state index is 11.4. The Hall–Kier alpha value is -1.10. The fraction of sp³-hybridized carbons (Fsp3) is 0.800. The average molecular weight is 213 g/mol. The van der Waals surface area contributed by atoms with Gasteiger partial charge in [0.25, 0.3) is 0 Å². The number of aliphatic carboxylic acids is 1. The Balaban J connectivity index is 2.30. The quantitative estimate of drug-likeness (QED) is 0.670. The number of carboxylic acids is 1. The molecule has 5 heteroatoms. The van der Waals surface area contributed by atoms with Gasteiger partial charge in [-0.2, -0.15) is 0 Å². The van der Waals surface area contributed by atoms with Crippen LogP contribution in [0.5, 0.6) is 0 Å². The van der Waals surface area contributed by atoms with Crippen molar-refractivity contribution in [2.75, 3.05) is 19.8 Å². The molecule has 2 aliphatic heterocycles. The lowest BCUT2D eigenvalue weighted by atomic mass is 9.75. The molecule has 0 unspecified atom stereocenters. The second-order valence-electron chi connectivity index (χ2n) is 4.31. The minimum atomic E-state index is -0.857. The van der Waals surface area contributed by atoms with Crippen molar-refractivity contribution in [1.29, 1.82) is 0 Å². The summed E-state index contributed by atoms with van der Waals surface area (Å²) in [6, 6.07) is -0.277. The first-order valence-electron chi connectivity index (χ1n) is 5.16. The number of ether oxygens (including phenoxy) is 1. The van der Waals surface area contributed by atoms with Gasteiger partial charge < -0.3 is 14.7 Å². The molecule has 5 nitrogen and oxygen atoms in total. The Morgan fingerprint density at radius 2 is 2.27 bits per heavy atom. The van der Waals surface area contributed by atoms with Crippen molar-refractivity contribution < 1.29 is 19.4 Å². The van der Waals surface area contributed by atoms with Gasteiger partial charge in [-0.3, -0.25) is 9.59 Å². The van der Waals surface area contributed by atoms with Crippen LogP contribution in [-0.2, 0) is 14.3 Å². The topological polar surface area (TPSA) is 66.8 Å². The average Bonchev–Trinajstić information content (AvgIpc) is 2.61. The molecule has 0 aromatic carbocycles. The van der Waals surface area contributed by atoms with Crippen LogP contribution in [0.2, 0.25) is 0 Å². The van der Waals surface area contributed by atoms with Crippen LogP contribution in [0.25, 0.3) is 0 Å². The molecule has 2 saturated heterocycles. The molecule has 0 bridgehead atoms. The molecule has 0 aromatic heterocycles. The number of hydrogen-bond acceptors (Lipinski definition) is 3. The number of hydrogen-bond donors (Lipinski definition) is 1. The lowest BCUT2D eigenvalue weighted by Crippen LogP contribution is -2.56. The number of amides is 1. The smallest absolute Gasteiger partial charge is 0.314 e. The van der Waals surface area contributed by atoms with Gasteiger partial charge in [-0.15, -0.1) is 0 Å². The molecule has 0 saturated carbocycles. The number of nitrogens with zero attached hydrogens (tertiary/aromatic N) is 1. The van der Waals surface area contributed by atoms with E-state index in [1.54, 1.807) is 4.90 Å². The van der Waals surface area contributed by atoms with Crippen LogP contribution in [0.1, 0.15) is 19.8 Å². The molecule has 0 spiro atoms. The Kier molecular flexibility index (Phi) is 2.42. The molecular weight excluding hydrogens is 198 g/mol. The Labute approximate surface area is 88.0 Å². The Morgan fingerprint density at radius 1 is 1.53 bits per heavy atom. The highest BCUT2D eigenvalue weighted by Crippen LogP contribution is 2.40. The van der Waals surface area contributed by atoms with Crippen LogP contribution in [0, 0.1) is 5.41 Å². The fourth-order valence-corrected chi connectivity index (χ4v) is 2.64. The molecule has 1 N–H and O–H groups in total. The van der Waals surface area contributed by atoms with E-state index < -0.39 is 11.4 Å². The largest absolute Gasteiger partial charge is 0.481 e. The van der Waals surface area contributed by atoms with E-state index in [0.717, 1.165) is 6.42 Å². The zero-order valence-electron chi connectivity index (χ0n) is 8.73. The van der Waals surface area contributed by atoms with Crippen molar-refractivity contribution in [2.45, 2.75) is 25.8 Å². The molecule has 2 rings (SSSR count). The second-order valence-corrected chi connectivity index (χ2v) is 4.31. The minimum Gasteiger partial charge on any atom is -0.481 e. The van der Waals surface area contributed by atoms with Crippen molar-refractivity contribution >= 4 is 11.9 Å². The van der Waals surface area contributed by atoms with E-state index in [1.807, 2.05) is 0 Å². The highest BCUT2D eigenvalue weighted by molar-refractivity contribution is 5.80. The molecule has 0 radical (unpaired) electrons. The molecule has 2 atom stereocenters. The maximum Gasteiger partial charge on any atom is 0.314 e. The van der Waals surface area contributed by atoms with Crippen molar-refractivity contribution in [1.82, 2.24) is 4.90 Å². The summed E-state index contributed by atoms with van der Waals surface area (Å²) in [5.41, 5.74) is -0.857. The van der Waals surface area contributed by atoms with Crippen molar-refractivity contribution in [3.63, 3.8) is 0 Å². The minimum absolute atomic E-state index is 0.0594. The van der Waals surface area contributed by atoms with E-state index >= 15 is 0 Å². The first-order chi connectivity index (χ1) is 7.08. The molecule has 2 fully saturated rings. The summed E-state index contributed by atoms with van der Waals surface area (Å²) in [4.78, 5) is 24.3. The third-order valence-electron chi connectivity index (χ3n) is 3.50. The monoisotopic (exact) mass is 213 g/mol. The zero-order chi connectivity index (χ0) is 11.1. The van der Waals surface area contributed by atoms with Gasteiger partial charge in [0.05, 0.1) is 19.3 Å². The summed E-state index contributed by atoms with van der Waals surface area (Å²) in [5, 5.41) is 9.28. The molecule has 0 aliphatic carbocycles. The van der Waals surface area contributed by atoms with Crippen molar-refractivity contribution in [3.8, 4) is 0 Å². The lowest BCUT2D eigenvalue weighted by molar-refractivity contribution is -0.157. The standard InChI is InChI=1S/C10H15NO4/c1-7(12)11-4-2-3-10(9(13)14)6-15-5-8(10)11/h8H,2-6H2,1H3,(H,13,14)/t8-,10-/m0/s1. The van der Waals surface area contributed by atoms with Crippen LogP contribution in [-0.4, -0.2) is 47.7 Å². The molecule has 15 heavy (non-hydrogen) atoms. The van der Waals surface area contributed by atoms with Gasteiger partial charge in [-0.25, -0.2) is 0 Å². The van der Waals surface area contributed by atoms with Crippen LogP contribution in [0.3, 0.4) is 0 Å². The number of carbonyl (C=O) groups excluding carboxylic acids is 1. The summed E-state index contributed by atoms with van der Waals surface area (Å²) < 4.78 is 5.26. The van der Waals surface area contributed by atoms with Gasteiger partial charge in [0.1, 0.15) is 5.41 Å². The SMILES string of the molecule is CC(=O)N1CCC[C@]2(C(=O)O)COC[C@H]12. The van der Waals surface area contributed by atoms with E-state index in [2.05, 4.69) is 0 Å². The fourth-order valence-electron chi connectivity index (χ4n) is 2.64. The van der Waals surface area contributed by atoms with E-state index in [0.29, 0.717) is 19.6 Å². The Bertz CT molecular complexity index is 304. The van der Waals surface area contributed by atoms with Crippen molar-refractivity contribution in [3.05, 3.63) is 0 Å². The normalized spacial score (nSPS) is 35.0. The molecule has 1 amide bonds. The molecule has 0 aromatic rings. The van der Waals surface area contributed by atoms with E-state index in [9.17, 15) is 14.7 Å². The van der Waals surface area contributed by atoms with Gasteiger partial charge in [-0.05, 0) is 12.8 Å². The van der Waals surface area contributed by atoms with Crippen LogP contribution in [0.4, 0.5) is 0 Å². The molecule has 2 aliphatic rings. The second kappa shape index (κ2) is 3.48. The summed E-state index contributed by atoms with van der Waals surface area (Å²) in [5.74, 6) is -0.897. The third-order valence-corrected chi connectivity index (χ3v) is 3.50. The first kappa shape index (κ1) is 10.4. The van der Waals surface area contributed by atoms with E-state index in [-0.39, 0.29) is 18.6 Å². The molecule has 2 heterocycles. The van der Waals surface area contributed by atoms with Crippen LogP contribution in [0.15, 0.2) is 0 Å². The summed E-state index contributed by atoms with van der Waals surface area (Å²) in [6.45, 7) is 2.72. The maximum atomic E-state index is 11.4. The summed E-state index contributed by atoms with van der Waals surface area (Å²) >= 11 is 0. The number of piperidine rings is 1. The van der Waals surface area contributed by atoms with Crippen LogP contribution < -0.4 is 0 Å². The van der Waals surface area contributed by atoms with Gasteiger partial charge in [0, 0.05) is 13.5 Å². The van der Waals surface area contributed by atoms with Gasteiger partial charge >= 0.3 is 5.97 Å².